The van der Waals surface area contributed by atoms with E-state index in [9.17, 15) is 4.79 Å². The Hall–Kier alpha value is -1.36. The summed E-state index contributed by atoms with van der Waals surface area (Å²) in [6.07, 6.45) is 0. The Morgan fingerprint density at radius 2 is 2.36 bits per heavy atom. The lowest BCUT2D eigenvalue weighted by atomic mass is 10.3. The van der Waals surface area contributed by atoms with Gasteiger partial charge in [0.15, 0.2) is 0 Å². The first-order chi connectivity index (χ1) is 6.60. The Kier molecular flexibility index (Phi) is 3.24. The minimum absolute atomic E-state index is 0.185. The van der Waals surface area contributed by atoms with Crippen LogP contribution < -0.4 is 0 Å². The molecule has 0 aromatic carbocycles. The zero-order valence-electron chi connectivity index (χ0n) is 8.94. The van der Waals surface area contributed by atoms with Gasteiger partial charge < -0.3 is 0 Å². The molecule has 1 amide bonds. The van der Waals surface area contributed by atoms with Gasteiger partial charge in [0.1, 0.15) is 5.69 Å². The smallest absolute Gasteiger partial charge is 0.274 e. The second-order valence-electron chi connectivity index (χ2n) is 2.97. The van der Waals surface area contributed by atoms with Crippen LogP contribution in [-0.2, 0) is 11.4 Å². The number of hydrogen-bond acceptors (Lipinski definition) is 3. The average Bonchev–Trinajstić information content (AvgIpc) is 2.57. The third kappa shape index (κ3) is 1.93. The summed E-state index contributed by atoms with van der Waals surface area (Å²) in [5.74, 6) is -0.185. The molecule has 1 rings (SSSR count). The van der Waals surface area contributed by atoms with Crippen LogP contribution in [0.5, 0.6) is 0 Å². The van der Waals surface area contributed by atoms with Gasteiger partial charge in [-0.25, -0.2) is 5.06 Å². The third-order valence-corrected chi connectivity index (χ3v) is 1.98. The minimum atomic E-state index is -0.185. The largest absolute Gasteiger partial charge is 0.295 e. The quantitative estimate of drug-likeness (QED) is 0.675. The van der Waals surface area contributed by atoms with E-state index in [1.54, 1.807) is 17.8 Å². The summed E-state index contributed by atoms with van der Waals surface area (Å²) in [6.45, 7) is 4.47. The van der Waals surface area contributed by atoms with E-state index in [4.69, 9.17) is 4.84 Å². The molecule has 0 aliphatic heterocycles. The molecule has 0 fully saturated rings. The zero-order valence-corrected chi connectivity index (χ0v) is 8.94. The number of hydrogen-bond donors (Lipinski definition) is 0. The molecule has 0 spiro atoms. The summed E-state index contributed by atoms with van der Waals surface area (Å²) in [7, 11) is 3.03. The molecule has 0 saturated carbocycles. The summed E-state index contributed by atoms with van der Waals surface area (Å²) in [5.41, 5.74) is 1.38. The maximum atomic E-state index is 11.7. The van der Waals surface area contributed by atoms with Crippen molar-refractivity contribution in [3.05, 3.63) is 17.5 Å². The van der Waals surface area contributed by atoms with E-state index in [0.717, 1.165) is 5.69 Å². The molecule has 1 heterocycles. The van der Waals surface area contributed by atoms with Crippen LogP contribution in [0.15, 0.2) is 6.07 Å². The van der Waals surface area contributed by atoms with Crippen molar-refractivity contribution < 1.29 is 9.63 Å². The molecule has 0 bridgehead atoms. The highest BCUT2D eigenvalue weighted by molar-refractivity contribution is 5.91. The van der Waals surface area contributed by atoms with Gasteiger partial charge >= 0.3 is 0 Å². The van der Waals surface area contributed by atoms with Gasteiger partial charge in [-0.15, -0.1) is 0 Å². The summed E-state index contributed by atoms with van der Waals surface area (Å²) in [4.78, 5) is 16.5. The standard InChI is InChI=1S/C9H15N3O2/c1-5-12-8(6-7(2)10-12)9(13)11(3)14-4/h6H,5H2,1-4H3. The molecule has 78 valence electrons. The lowest BCUT2D eigenvalue weighted by molar-refractivity contribution is -0.0763. The van der Waals surface area contributed by atoms with Gasteiger partial charge in [-0.05, 0) is 19.9 Å². The molecule has 5 heteroatoms. The molecule has 1 aromatic heterocycles. The Bertz CT molecular complexity index is 333. The fourth-order valence-electron chi connectivity index (χ4n) is 1.20. The van der Waals surface area contributed by atoms with Crippen molar-refractivity contribution in [3.8, 4) is 0 Å². The van der Waals surface area contributed by atoms with Gasteiger partial charge in [-0.1, -0.05) is 0 Å². The Morgan fingerprint density at radius 1 is 1.71 bits per heavy atom. The van der Waals surface area contributed by atoms with Gasteiger partial charge in [-0.3, -0.25) is 14.3 Å². The van der Waals surface area contributed by atoms with Crippen LogP contribution in [-0.4, -0.2) is 34.9 Å². The van der Waals surface area contributed by atoms with Crippen LogP contribution in [0, 0.1) is 6.92 Å². The first-order valence-electron chi connectivity index (χ1n) is 4.46. The van der Waals surface area contributed by atoms with Gasteiger partial charge in [0.2, 0.25) is 0 Å². The summed E-state index contributed by atoms with van der Waals surface area (Å²) in [5, 5.41) is 5.36. The van der Waals surface area contributed by atoms with E-state index >= 15 is 0 Å². The van der Waals surface area contributed by atoms with Crippen molar-refractivity contribution in [2.24, 2.45) is 0 Å². The van der Waals surface area contributed by atoms with Crippen LogP contribution >= 0.6 is 0 Å². The number of carbonyl (C=O) groups is 1. The topological polar surface area (TPSA) is 47.4 Å². The van der Waals surface area contributed by atoms with Crippen LogP contribution in [0.4, 0.5) is 0 Å². The highest BCUT2D eigenvalue weighted by Gasteiger charge is 2.16. The van der Waals surface area contributed by atoms with Crippen molar-refractivity contribution in [1.29, 1.82) is 0 Å². The summed E-state index contributed by atoms with van der Waals surface area (Å²) < 4.78 is 1.66. The van der Waals surface area contributed by atoms with Crippen LogP contribution in [0.2, 0.25) is 0 Å². The fourth-order valence-corrected chi connectivity index (χ4v) is 1.20. The monoisotopic (exact) mass is 197 g/mol. The number of amides is 1. The first kappa shape index (κ1) is 10.7. The molecule has 0 aliphatic carbocycles. The van der Waals surface area contributed by atoms with Gasteiger partial charge in [0.05, 0.1) is 12.8 Å². The number of hydroxylamine groups is 2. The lowest BCUT2D eigenvalue weighted by Crippen LogP contribution is -2.27. The molecule has 0 aliphatic rings. The highest BCUT2D eigenvalue weighted by atomic mass is 16.7. The molecule has 0 radical (unpaired) electrons. The second-order valence-corrected chi connectivity index (χ2v) is 2.97. The molecule has 0 atom stereocenters. The molecular formula is C9H15N3O2. The summed E-state index contributed by atoms with van der Waals surface area (Å²) in [6, 6.07) is 1.75. The predicted molar refractivity (Wildman–Crippen MR) is 51.7 cm³/mol. The van der Waals surface area contributed by atoms with E-state index < -0.39 is 0 Å². The molecule has 5 nitrogen and oxygen atoms in total. The highest BCUT2D eigenvalue weighted by Crippen LogP contribution is 2.06. The lowest BCUT2D eigenvalue weighted by Gasteiger charge is -2.13. The SMILES string of the molecule is CCn1nc(C)cc1C(=O)N(C)OC. The van der Waals surface area contributed by atoms with Gasteiger partial charge in [-0.2, -0.15) is 5.10 Å². The van der Waals surface area contributed by atoms with E-state index in [0.29, 0.717) is 12.2 Å². The van der Waals surface area contributed by atoms with Crippen molar-refractivity contribution in [2.75, 3.05) is 14.2 Å². The summed E-state index contributed by atoms with van der Waals surface area (Å²) >= 11 is 0. The third-order valence-electron chi connectivity index (χ3n) is 1.98. The van der Waals surface area contributed by atoms with E-state index in [2.05, 4.69) is 5.10 Å². The number of rotatable bonds is 3. The molecule has 0 saturated heterocycles. The first-order valence-corrected chi connectivity index (χ1v) is 4.46. The van der Waals surface area contributed by atoms with Crippen molar-refractivity contribution in [1.82, 2.24) is 14.8 Å². The molecule has 14 heavy (non-hydrogen) atoms. The molecule has 0 N–H and O–H groups in total. The number of carbonyl (C=O) groups excluding carboxylic acids is 1. The Morgan fingerprint density at radius 3 is 2.86 bits per heavy atom. The number of nitrogens with zero attached hydrogens (tertiary/aromatic N) is 3. The van der Waals surface area contributed by atoms with E-state index in [1.165, 1.54) is 12.2 Å². The van der Waals surface area contributed by atoms with Crippen molar-refractivity contribution in [3.63, 3.8) is 0 Å². The van der Waals surface area contributed by atoms with Crippen molar-refractivity contribution in [2.45, 2.75) is 20.4 Å². The normalized spacial score (nSPS) is 10.3. The van der Waals surface area contributed by atoms with Gasteiger partial charge in [0.25, 0.3) is 5.91 Å². The average molecular weight is 197 g/mol. The fraction of sp³-hybridized carbons (Fsp3) is 0.556. The second kappa shape index (κ2) is 4.23. The van der Waals surface area contributed by atoms with Crippen molar-refractivity contribution >= 4 is 5.91 Å². The Balaban J connectivity index is 2.99. The van der Waals surface area contributed by atoms with E-state index in [1.807, 2.05) is 13.8 Å². The molecule has 0 unspecified atom stereocenters. The van der Waals surface area contributed by atoms with Gasteiger partial charge in [0, 0.05) is 13.6 Å². The zero-order chi connectivity index (χ0) is 10.7. The predicted octanol–water partition coefficient (Wildman–Crippen LogP) is 0.845. The molecule has 1 aromatic rings. The van der Waals surface area contributed by atoms with Crippen LogP contribution in [0.25, 0.3) is 0 Å². The molecular weight excluding hydrogens is 182 g/mol. The maximum absolute atomic E-state index is 11.7. The minimum Gasteiger partial charge on any atom is -0.274 e. The number of aromatic nitrogens is 2. The maximum Gasteiger partial charge on any atom is 0.295 e. The Labute approximate surface area is 83.2 Å². The van der Waals surface area contributed by atoms with Crippen LogP contribution in [0.3, 0.4) is 0 Å². The van der Waals surface area contributed by atoms with E-state index in [-0.39, 0.29) is 5.91 Å². The van der Waals surface area contributed by atoms with Crippen LogP contribution in [0.1, 0.15) is 23.1 Å². The number of aryl methyl sites for hydroxylation is 2.